The molecule has 0 saturated heterocycles. The Kier molecular flexibility index (Phi) is 9.47. The number of halogens is 2. The number of amides is 1. The van der Waals surface area contributed by atoms with E-state index in [4.69, 9.17) is 10.9 Å². The van der Waals surface area contributed by atoms with Crippen LogP contribution in [0.3, 0.4) is 0 Å². The highest BCUT2D eigenvalue weighted by molar-refractivity contribution is 5.92. The number of rotatable bonds is 6. The minimum absolute atomic E-state index is 0. The van der Waals surface area contributed by atoms with E-state index in [0.29, 0.717) is 12.1 Å². The molecule has 1 aromatic carbocycles. The number of hydrogen-bond acceptors (Lipinski definition) is 3. The topological polar surface area (TPSA) is 83.4 Å². The van der Waals surface area contributed by atoms with E-state index in [0.717, 1.165) is 17.7 Å². The number of nitrogens with zero attached hydrogens (tertiary/aromatic N) is 3. The van der Waals surface area contributed by atoms with E-state index in [1.165, 1.54) is 11.8 Å². The quantitative estimate of drug-likeness (QED) is 0.152. The van der Waals surface area contributed by atoms with E-state index >= 15 is 0 Å². The number of carbonyl (C=O) groups is 1. The standard InChI is InChI=1S/C20H18N4O2.2BrH/c21-20(25)19-2-1-9-24(15-19)14-18-5-3-17(4-6-18)13-23-10-7-16(8-11-23)12-22-26;;/h1-12,15H,13-14H2,(H-,21,25);2*1H. The van der Waals surface area contributed by atoms with Gasteiger partial charge < -0.3 is 44.9 Å². The predicted octanol–water partition coefficient (Wildman–Crippen LogP) is -4.73. The van der Waals surface area contributed by atoms with E-state index in [9.17, 15) is 4.79 Å². The van der Waals surface area contributed by atoms with Crippen LogP contribution in [-0.4, -0.2) is 17.3 Å². The first kappa shape index (κ1) is 23.5. The number of carbonyl (C=O) groups excluding carboxylic acids is 1. The summed E-state index contributed by atoms with van der Waals surface area (Å²) < 4.78 is 3.99. The average Bonchev–Trinajstić information content (AvgIpc) is 2.65. The molecule has 2 aromatic heterocycles. The third kappa shape index (κ3) is 6.54. The third-order valence-electron chi connectivity index (χ3n) is 4.02. The Morgan fingerprint density at radius 1 is 0.929 bits per heavy atom. The summed E-state index contributed by atoms with van der Waals surface area (Å²) in [7, 11) is 0. The molecule has 0 saturated carbocycles. The summed E-state index contributed by atoms with van der Waals surface area (Å²) in [5.74, 6) is -0.428. The SMILES string of the molecule is NC(=O)c1ccc[n+](Cc2ccc(C[n+]3ccc(/C=N/O)cc3)cc2)c1.[Br-].[Br-]. The van der Waals surface area contributed by atoms with E-state index in [2.05, 4.69) is 34.0 Å². The van der Waals surface area contributed by atoms with E-state index < -0.39 is 5.91 Å². The molecule has 0 atom stereocenters. The summed E-state index contributed by atoms with van der Waals surface area (Å²) in [6.07, 6.45) is 8.94. The van der Waals surface area contributed by atoms with Gasteiger partial charge in [0.25, 0.3) is 5.91 Å². The Labute approximate surface area is 184 Å². The normalized spacial score (nSPS) is 10.1. The maximum absolute atomic E-state index is 11.3. The Balaban J connectivity index is 0.00000196. The number of oxime groups is 1. The summed E-state index contributed by atoms with van der Waals surface area (Å²) in [5, 5.41) is 11.6. The maximum Gasteiger partial charge on any atom is 0.254 e. The fraction of sp³-hybridized carbons (Fsp3) is 0.100. The van der Waals surface area contributed by atoms with Gasteiger partial charge in [-0.2, -0.15) is 4.57 Å². The highest BCUT2D eigenvalue weighted by atomic mass is 79.9. The van der Waals surface area contributed by atoms with Crippen LogP contribution in [0.2, 0.25) is 0 Å². The van der Waals surface area contributed by atoms with Crippen molar-refractivity contribution in [1.29, 1.82) is 0 Å². The van der Waals surface area contributed by atoms with Gasteiger partial charge in [0.2, 0.25) is 0 Å². The van der Waals surface area contributed by atoms with Gasteiger partial charge in [0.15, 0.2) is 37.9 Å². The molecule has 3 N–H and O–H groups in total. The van der Waals surface area contributed by atoms with Gasteiger partial charge in [-0.1, -0.05) is 29.4 Å². The van der Waals surface area contributed by atoms with Crippen LogP contribution in [0.4, 0.5) is 0 Å². The molecule has 8 heteroatoms. The average molecular weight is 508 g/mol. The van der Waals surface area contributed by atoms with Gasteiger partial charge in [-0.15, -0.1) is 0 Å². The van der Waals surface area contributed by atoms with Gasteiger partial charge in [-0.25, -0.2) is 4.57 Å². The van der Waals surface area contributed by atoms with Crippen molar-refractivity contribution in [3.8, 4) is 0 Å². The summed E-state index contributed by atoms with van der Waals surface area (Å²) in [6, 6.07) is 15.6. The Hall–Kier alpha value is -2.58. The fourth-order valence-corrected chi connectivity index (χ4v) is 2.66. The lowest BCUT2D eigenvalue weighted by atomic mass is 10.1. The van der Waals surface area contributed by atoms with Crippen molar-refractivity contribution in [2.45, 2.75) is 13.1 Å². The molecule has 0 aliphatic carbocycles. The van der Waals surface area contributed by atoms with Crippen LogP contribution in [0.25, 0.3) is 0 Å². The second kappa shape index (κ2) is 11.3. The molecular weight excluding hydrogens is 488 g/mol. The summed E-state index contributed by atoms with van der Waals surface area (Å²) in [5.41, 5.74) is 8.98. The maximum atomic E-state index is 11.3. The summed E-state index contributed by atoms with van der Waals surface area (Å²) in [4.78, 5) is 11.3. The van der Waals surface area contributed by atoms with E-state index in [1.54, 1.807) is 12.3 Å². The second-order valence-corrected chi connectivity index (χ2v) is 5.99. The van der Waals surface area contributed by atoms with Crippen LogP contribution in [0, 0.1) is 0 Å². The number of benzene rings is 1. The minimum atomic E-state index is -0.428. The molecule has 0 bridgehead atoms. The molecule has 0 fully saturated rings. The van der Waals surface area contributed by atoms with Crippen LogP contribution in [-0.2, 0) is 13.1 Å². The first-order chi connectivity index (χ1) is 12.6. The van der Waals surface area contributed by atoms with Crippen LogP contribution in [0.1, 0.15) is 27.0 Å². The minimum Gasteiger partial charge on any atom is -1.00 e. The van der Waals surface area contributed by atoms with Crippen LogP contribution < -0.4 is 48.8 Å². The third-order valence-corrected chi connectivity index (χ3v) is 4.02. The molecule has 146 valence electrons. The van der Waals surface area contributed by atoms with Gasteiger partial charge in [0.05, 0.1) is 6.21 Å². The van der Waals surface area contributed by atoms with E-state index in [-0.39, 0.29) is 34.0 Å². The van der Waals surface area contributed by atoms with Gasteiger partial charge in [0, 0.05) is 34.9 Å². The fourth-order valence-electron chi connectivity index (χ4n) is 2.66. The highest BCUT2D eigenvalue weighted by Gasteiger charge is 2.09. The van der Waals surface area contributed by atoms with Gasteiger partial charge in [-0.05, 0) is 6.07 Å². The van der Waals surface area contributed by atoms with Gasteiger partial charge >= 0.3 is 0 Å². The molecule has 6 nitrogen and oxygen atoms in total. The van der Waals surface area contributed by atoms with Crippen molar-refractivity contribution >= 4 is 12.1 Å². The molecule has 1 amide bonds. The largest absolute Gasteiger partial charge is 1.00 e. The van der Waals surface area contributed by atoms with Crippen molar-refractivity contribution in [3.63, 3.8) is 0 Å². The molecule has 0 spiro atoms. The smallest absolute Gasteiger partial charge is 0.254 e. The molecule has 2 heterocycles. The number of nitrogens with two attached hydrogens (primary N) is 1. The summed E-state index contributed by atoms with van der Waals surface area (Å²) in [6.45, 7) is 1.42. The molecule has 0 aliphatic heterocycles. The molecule has 0 unspecified atom stereocenters. The number of hydrogen-bond donors (Lipinski definition) is 2. The Bertz CT molecular complexity index is 930. The summed E-state index contributed by atoms with van der Waals surface area (Å²) >= 11 is 0. The monoisotopic (exact) mass is 506 g/mol. The van der Waals surface area contributed by atoms with Crippen LogP contribution in [0.15, 0.2) is 78.5 Å². The second-order valence-electron chi connectivity index (χ2n) is 5.99. The van der Waals surface area contributed by atoms with Crippen molar-refractivity contribution in [2.24, 2.45) is 10.9 Å². The zero-order chi connectivity index (χ0) is 18.4. The zero-order valence-corrected chi connectivity index (χ0v) is 18.1. The van der Waals surface area contributed by atoms with Gasteiger partial charge in [-0.3, -0.25) is 4.79 Å². The van der Waals surface area contributed by atoms with Crippen LogP contribution in [0.5, 0.6) is 0 Å². The number of primary amides is 1. The lowest BCUT2D eigenvalue weighted by Crippen LogP contribution is -3.00. The Morgan fingerprint density at radius 3 is 2.04 bits per heavy atom. The molecule has 28 heavy (non-hydrogen) atoms. The molecule has 0 aliphatic rings. The first-order valence-electron chi connectivity index (χ1n) is 8.17. The number of aromatic nitrogens is 2. The molecular formula is C20H20Br2N4O2. The van der Waals surface area contributed by atoms with E-state index in [1.807, 2.05) is 41.4 Å². The highest BCUT2D eigenvalue weighted by Crippen LogP contribution is 2.05. The first-order valence-corrected chi connectivity index (χ1v) is 8.17. The lowest BCUT2D eigenvalue weighted by molar-refractivity contribution is -0.689. The molecule has 3 rings (SSSR count). The van der Waals surface area contributed by atoms with Crippen molar-refractivity contribution in [1.82, 2.24) is 0 Å². The van der Waals surface area contributed by atoms with Crippen molar-refractivity contribution in [3.05, 3.63) is 95.6 Å². The van der Waals surface area contributed by atoms with Gasteiger partial charge in [0.1, 0.15) is 5.56 Å². The predicted molar refractivity (Wildman–Crippen MR) is 95.8 cm³/mol. The lowest BCUT2D eigenvalue weighted by Gasteiger charge is -2.02. The number of pyridine rings is 2. The molecule has 0 radical (unpaired) electrons. The molecule has 3 aromatic rings. The van der Waals surface area contributed by atoms with Crippen LogP contribution >= 0.6 is 0 Å². The van der Waals surface area contributed by atoms with Crippen molar-refractivity contribution < 1.29 is 53.1 Å². The van der Waals surface area contributed by atoms with Crippen molar-refractivity contribution in [2.75, 3.05) is 0 Å². The Morgan fingerprint density at radius 2 is 1.50 bits per heavy atom. The zero-order valence-electron chi connectivity index (χ0n) is 15.0.